The van der Waals surface area contributed by atoms with E-state index < -0.39 is 0 Å². The summed E-state index contributed by atoms with van der Waals surface area (Å²) < 4.78 is 0. The average molecular weight is 196 g/mol. The van der Waals surface area contributed by atoms with Gasteiger partial charge < -0.3 is 11.5 Å². The molecule has 0 heterocycles. The Hall–Kier alpha value is -2.14. The second-order valence-corrected chi connectivity index (χ2v) is 3.61. The third kappa shape index (κ3) is 1.38. The Balaban J connectivity index is 3.00. The zero-order valence-electron chi connectivity index (χ0n) is 8.54. The summed E-state index contributed by atoms with van der Waals surface area (Å²) in [7, 11) is 0. The van der Waals surface area contributed by atoms with E-state index in [4.69, 9.17) is 17.9 Å². The molecule has 0 bridgehead atoms. The van der Waals surface area contributed by atoms with E-state index in [0.29, 0.717) is 11.4 Å². The molecule has 0 aliphatic rings. The molecule has 0 aromatic heterocycles. The summed E-state index contributed by atoms with van der Waals surface area (Å²) in [5, 5.41) is 1.91. The number of nitrogen functional groups attached to an aromatic ring is 2. The molecule has 2 aromatic rings. The summed E-state index contributed by atoms with van der Waals surface area (Å²) in [6.07, 6.45) is 5.49. The van der Waals surface area contributed by atoms with Crippen molar-refractivity contribution in [3.63, 3.8) is 0 Å². The van der Waals surface area contributed by atoms with E-state index >= 15 is 0 Å². The second kappa shape index (κ2) is 3.21. The largest absolute Gasteiger partial charge is 0.399 e. The van der Waals surface area contributed by atoms with Crippen molar-refractivity contribution >= 4 is 22.1 Å². The van der Waals surface area contributed by atoms with Crippen LogP contribution in [0.4, 0.5) is 11.4 Å². The van der Waals surface area contributed by atoms with Gasteiger partial charge in [-0.1, -0.05) is 18.1 Å². The molecule has 2 nitrogen and oxygen atoms in total. The van der Waals surface area contributed by atoms with Gasteiger partial charge in [-0.2, -0.15) is 0 Å². The van der Waals surface area contributed by atoms with Crippen LogP contribution in [0.15, 0.2) is 24.3 Å². The lowest BCUT2D eigenvalue weighted by Crippen LogP contribution is -1.95. The molecule has 0 radical (unpaired) electrons. The summed E-state index contributed by atoms with van der Waals surface area (Å²) in [6, 6.07) is 7.59. The molecule has 2 heteroatoms. The Morgan fingerprint density at radius 2 is 1.93 bits per heavy atom. The fourth-order valence-corrected chi connectivity index (χ4v) is 1.81. The third-order valence-corrected chi connectivity index (χ3v) is 2.52. The van der Waals surface area contributed by atoms with Crippen LogP contribution in [-0.2, 0) is 0 Å². The van der Waals surface area contributed by atoms with Gasteiger partial charge in [-0.15, -0.1) is 6.42 Å². The summed E-state index contributed by atoms with van der Waals surface area (Å²) in [5.74, 6) is 2.68. The first kappa shape index (κ1) is 9.42. The van der Waals surface area contributed by atoms with Crippen molar-refractivity contribution in [2.45, 2.75) is 6.92 Å². The molecule has 0 saturated carbocycles. The van der Waals surface area contributed by atoms with Crippen molar-refractivity contribution in [3.05, 3.63) is 35.4 Å². The molecule has 0 fully saturated rings. The molecule has 2 rings (SSSR count). The van der Waals surface area contributed by atoms with Gasteiger partial charge in [0.25, 0.3) is 0 Å². The highest BCUT2D eigenvalue weighted by atomic mass is 14.6. The topological polar surface area (TPSA) is 52.0 Å². The molecule has 15 heavy (non-hydrogen) atoms. The minimum Gasteiger partial charge on any atom is -0.399 e. The lowest BCUT2D eigenvalue weighted by Gasteiger charge is -2.08. The minimum atomic E-state index is 0.640. The molecule has 0 aliphatic carbocycles. The molecular weight excluding hydrogens is 184 g/mol. The summed E-state index contributed by atoms with van der Waals surface area (Å²) in [5.41, 5.74) is 14.9. The fourth-order valence-electron chi connectivity index (χ4n) is 1.81. The van der Waals surface area contributed by atoms with Crippen molar-refractivity contribution in [1.82, 2.24) is 0 Å². The first-order chi connectivity index (χ1) is 7.13. The minimum absolute atomic E-state index is 0.640. The quantitative estimate of drug-likeness (QED) is 0.501. The van der Waals surface area contributed by atoms with E-state index in [-0.39, 0.29) is 0 Å². The van der Waals surface area contributed by atoms with Gasteiger partial charge in [0.15, 0.2) is 0 Å². The molecule has 74 valence electrons. The number of anilines is 2. The van der Waals surface area contributed by atoms with E-state index in [9.17, 15) is 0 Å². The smallest absolute Gasteiger partial charge is 0.0427 e. The molecule has 2 aromatic carbocycles. The Morgan fingerprint density at radius 1 is 1.20 bits per heavy atom. The van der Waals surface area contributed by atoms with Crippen LogP contribution in [0.25, 0.3) is 10.8 Å². The van der Waals surface area contributed by atoms with Crippen molar-refractivity contribution in [2.24, 2.45) is 0 Å². The normalized spacial score (nSPS) is 10.1. The number of benzene rings is 2. The summed E-state index contributed by atoms with van der Waals surface area (Å²) in [4.78, 5) is 0. The number of terminal acetylenes is 1. The maximum absolute atomic E-state index is 5.93. The molecule has 0 spiro atoms. The number of rotatable bonds is 0. The molecule has 0 aliphatic heterocycles. The summed E-state index contributed by atoms with van der Waals surface area (Å²) >= 11 is 0. The van der Waals surface area contributed by atoms with Crippen molar-refractivity contribution in [1.29, 1.82) is 0 Å². The molecule has 0 amide bonds. The SMILES string of the molecule is C#Cc1c(C)ccc2cc(N)cc(N)c12. The maximum atomic E-state index is 5.93. The second-order valence-electron chi connectivity index (χ2n) is 3.61. The Labute approximate surface area is 88.9 Å². The van der Waals surface area contributed by atoms with Crippen LogP contribution in [0.3, 0.4) is 0 Å². The van der Waals surface area contributed by atoms with Crippen molar-refractivity contribution in [2.75, 3.05) is 11.5 Å². The predicted octanol–water partition coefficient (Wildman–Crippen LogP) is 2.29. The average Bonchev–Trinajstić information content (AvgIpc) is 2.18. The third-order valence-electron chi connectivity index (χ3n) is 2.52. The lowest BCUT2D eigenvalue weighted by molar-refractivity contribution is 1.47. The molecule has 0 unspecified atom stereocenters. The standard InChI is InChI=1S/C13H12N2/c1-3-11-8(2)4-5-9-6-10(14)7-12(15)13(9)11/h1,4-7H,14-15H2,2H3. The zero-order valence-corrected chi connectivity index (χ0v) is 8.54. The van der Waals surface area contributed by atoms with E-state index in [1.165, 1.54) is 0 Å². The number of aryl methyl sites for hydroxylation is 1. The van der Waals surface area contributed by atoms with Crippen LogP contribution >= 0.6 is 0 Å². The Bertz CT molecular complexity index is 577. The molecule has 0 atom stereocenters. The van der Waals surface area contributed by atoms with E-state index in [0.717, 1.165) is 21.9 Å². The number of hydrogen-bond acceptors (Lipinski definition) is 2. The molecular formula is C13H12N2. The monoisotopic (exact) mass is 196 g/mol. The molecule has 4 N–H and O–H groups in total. The van der Waals surface area contributed by atoms with Gasteiger partial charge in [-0.3, -0.25) is 0 Å². The highest BCUT2D eigenvalue weighted by Gasteiger charge is 2.06. The van der Waals surface area contributed by atoms with Gasteiger partial charge in [0.2, 0.25) is 0 Å². The first-order valence-corrected chi connectivity index (χ1v) is 4.68. The first-order valence-electron chi connectivity index (χ1n) is 4.68. The number of hydrogen-bond donors (Lipinski definition) is 2. The van der Waals surface area contributed by atoms with Gasteiger partial charge in [-0.05, 0) is 30.0 Å². The van der Waals surface area contributed by atoms with Gasteiger partial charge in [0.05, 0.1) is 0 Å². The van der Waals surface area contributed by atoms with Crippen molar-refractivity contribution in [3.8, 4) is 12.3 Å². The van der Waals surface area contributed by atoms with Crippen LogP contribution in [-0.4, -0.2) is 0 Å². The van der Waals surface area contributed by atoms with Gasteiger partial charge >= 0.3 is 0 Å². The van der Waals surface area contributed by atoms with Crippen LogP contribution in [0.1, 0.15) is 11.1 Å². The van der Waals surface area contributed by atoms with Crippen molar-refractivity contribution < 1.29 is 0 Å². The van der Waals surface area contributed by atoms with Crippen LogP contribution < -0.4 is 11.5 Å². The summed E-state index contributed by atoms with van der Waals surface area (Å²) in [6.45, 7) is 1.98. The van der Waals surface area contributed by atoms with Gasteiger partial charge in [-0.25, -0.2) is 0 Å². The highest BCUT2D eigenvalue weighted by molar-refractivity contribution is 6.00. The lowest BCUT2D eigenvalue weighted by atomic mass is 9.98. The predicted molar refractivity (Wildman–Crippen MR) is 65.4 cm³/mol. The van der Waals surface area contributed by atoms with Gasteiger partial charge in [0, 0.05) is 22.3 Å². The van der Waals surface area contributed by atoms with Crippen LogP contribution in [0.5, 0.6) is 0 Å². The Kier molecular flexibility index (Phi) is 2.02. The Morgan fingerprint density at radius 3 is 2.60 bits per heavy atom. The zero-order chi connectivity index (χ0) is 11.0. The highest BCUT2D eigenvalue weighted by Crippen LogP contribution is 2.29. The number of nitrogens with two attached hydrogens (primary N) is 2. The van der Waals surface area contributed by atoms with Gasteiger partial charge in [0.1, 0.15) is 0 Å². The van der Waals surface area contributed by atoms with Crippen LogP contribution in [0, 0.1) is 19.3 Å². The maximum Gasteiger partial charge on any atom is 0.0427 e. The number of fused-ring (bicyclic) bond motifs is 1. The van der Waals surface area contributed by atoms with Crippen LogP contribution in [0.2, 0.25) is 0 Å². The fraction of sp³-hybridized carbons (Fsp3) is 0.0769. The molecule has 0 saturated heterocycles. The van der Waals surface area contributed by atoms with E-state index in [1.54, 1.807) is 6.07 Å². The van der Waals surface area contributed by atoms with E-state index in [2.05, 4.69) is 5.92 Å². The van der Waals surface area contributed by atoms with E-state index in [1.807, 2.05) is 25.1 Å².